The summed E-state index contributed by atoms with van der Waals surface area (Å²) in [6, 6.07) is 2.71. The van der Waals surface area contributed by atoms with Crippen molar-refractivity contribution in [2.45, 2.75) is 13.3 Å². The molecule has 7 heteroatoms. The number of benzene rings is 1. The highest BCUT2D eigenvalue weighted by Gasteiger charge is 2.17. The van der Waals surface area contributed by atoms with E-state index >= 15 is 0 Å². The molecule has 20 heavy (non-hydrogen) atoms. The molecule has 0 radical (unpaired) electrons. The Balaban J connectivity index is 2.62. The Morgan fingerprint density at radius 1 is 1.35 bits per heavy atom. The first-order chi connectivity index (χ1) is 9.43. The molecule has 1 N–H and O–H groups in total. The minimum absolute atomic E-state index is 0.258. The molecule has 0 atom stereocenters. The lowest BCUT2D eigenvalue weighted by atomic mass is 10.3. The number of aliphatic carboxylic acids is 1. The Labute approximate surface area is 114 Å². The highest BCUT2D eigenvalue weighted by atomic mass is 19.1. The Hall–Kier alpha value is -2.18. The minimum atomic E-state index is -1.14. The predicted molar refractivity (Wildman–Crippen MR) is 66.4 cm³/mol. The largest absolute Gasteiger partial charge is 0.481 e. The van der Waals surface area contributed by atoms with Crippen LogP contribution in [0, 0.1) is 11.6 Å². The molecule has 1 aromatic carbocycles. The average Bonchev–Trinajstić information content (AvgIpc) is 2.36. The Kier molecular flexibility index (Phi) is 5.89. The first kappa shape index (κ1) is 15.9. The van der Waals surface area contributed by atoms with Crippen molar-refractivity contribution in [3.05, 3.63) is 29.8 Å². The number of hydrogen-bond acceptors (Lipinski definition) is 3. The fraction of sp³-hybridized carbons (Fsp3) is 0.385. The maximum absolute atomic E-state index is 13.3. The van der Waals surface area contributed by atoms with Crippen LogP contribution in [0.15, 0.2) is 18.2 Å². The molecule has 0 aliphatic rings. The van der Waals surface area contributed by atoms with Crippen molar-refractivity contribution in [3.63, 3.8) is 0 Å². The molecular weight excluding hydrogens is 272 g/mol. The van der Waals surface area contributed by atoms with Gasteiger partial charge in [0, 0.05) is 12.6 Å². The van der Waals surface area contributed by atoms with Gasteiger partial charge in [-0.2, -0.15) is 0 Å². The predicted octanol–water partition coefficient (Wildman–Crippen LogP) is 1.67. The molecule has 0 saturated carbocycles. The lowest BCUT2D eigenvalue weighted by Gasteiger charge is -2.20. The summed E-state index contributed by atoms with van der Waals surface area (Å²) in [5.41, 5.74) is 0. The van der Waals surface area contributed by atoms with Crippen molar-refractivity contribution in [3.8, 4) is 5.75 Å². The number of carbonyl (C=O) groups excluding carboxylic acids is 1. The fourth-order valence-electron chi connectivity index (χ4n) is 1.55. The fourth-order valence-corrected chi connectivity index (χ4v) is 1.55. The van der Waals surface area contributed by atoms with Crippen LogP contribution in [0.1, 0.15) is 13.3 Å². The number of rotatable bonds is 7. The van der Waals surface area contributed by atoms with Gasteiger partial charge < -0.3 is 14.7 Å². The smallest absolute Gasteiger partial charge is 0.323 e. The SMILES string of the molecule is CCCN(CC(=O)O)C(=O)COc1ccc(F)cc1F. The van der Waals surface area contributed by atoms with Gasteiger partial charge in [-0.15, -0.1) is 0 Å². The summed E-state index contributed by atoms with van der Waals surface area (Å²) < 4.78 is 30.9. The lowest BCUT2D eigenvalue weighted by Crippen LogP contribution is -2.39. The number of carboxylic acids is 1. The first-order valence-corrected chi connectivity index (χ1v) is 6.01. The number of amides is 1. The zero-order valence-corrected chi connectivity index (χ0v) is 10.9. The van der Waals surface area contributed by atoms with Crippen LogP contribution in [-0.2, 0) is 9.59 Å². The summed E-state index contributed by atoms with van der Waals surface area (Å²) in [7, 11) is 0. The van der Waals surface area contributed by atoms with E-state index in [1.54, 1.807) is 6.92 Å². The van der Waals surface area contributed by atoms with Gasteiger partial charge >= 0.3 is 5.97 Å². The van der Waals surface area contributed by atoms with E-state index < -0.39 is 36.7 Å². The van der Waals surface area contributed by atoms with Crippen LogP contribution in [0.5, 0.6) is 5.75 Å². The highest BCUT2D eigenvalue weighted by molar-refractivity contribution is 5.82. The molecule has 0 unspecified atom stereocenters. The van der Waals surface area contributed by atoms with Crippen LogP contribution in [0.2, 0.25) is 0 Å². The van der Waals surface area contributed by atoms with E-state index in [0.29, 0.717) is 12.5 Å². The zero-order chi connectivity index (χ0) is 15.1. The van der Waals surface area contributed by atoms with Gasteiger partial charge in [0.2, 0.25) is 0 Å². The molecule has 1 aromatic rings. The third-order valence-corrected chi connectivity index (χ3v) is 2.42. The molecular formula is C13H15F2NO4. The molecule has 0 heterocycles. The summed E-state index contributed by atoms with van der Waals surface area (Å²) in [6.45, 7) is 1.11. The number of ether oxygens (including phenoxy) is 1. The standard InChI is InChI=1S/C13H15F2NO4/c1-2-5-16(7-13(18)19)12(17)8-20-11-4-3-9(14)6-10(11)15/h3-4,6H,2,5,7-8H2,1H3,(H,18,19). The molecule has 5 nitrogen and oxygen atoms in total. The molecule has 0 aliphatic carbocycles. The third kappa shape index (κ3) is 4.83. The number of carbonyl (C=O) groups is 2. The topological polar surface area (TPSA) is 66.8 Å². The molecule has 110 valence electrons. The third-order valence-electron chi connectivity index (χ3n) is 2.42. The molecule has 0 saturated heterocycles. The molecule has 0 spiro atoms. The van der Waals surface area contributed by atoms with Crippen LogP contribution in [0.25, 0.3) is 0 Å². The summed E-state index contributed by atoms with van der Waals surface area (Å²) >= 11 is 0. The van der Waals surface area contributed by atoms with Crippen molar-refractivity contribution in [2.24, 2.45) is 0 Å². The van der Waals surface area contributed by atoms with Crippen LogP contribution in [0.4, 0.5) is 8.78 Å². The summed E-state index contributed by atoms with van der Waals surface area (Å²) in [6.07, 6.45) is 0.587. The van der Waals surface area contributed by atoms with Crippen LogP contribution >= 0.6 is 0 Å². The van der Waals surface area contributed by atoms with E-state index in [9.17, 15) is 18.4 Å². The van der Waals surface area contributed by atoms with E-state index in [4.69, 9.17) is 9.84 Å². The van der Waals surface area contributed by atoms with Gasteiger partial charge in [0.05, 0.1) is 0 Å². The van der Waals surface area contributed by atoms with E-state index in [-0.39, 0.29) is 12.3 Å². The molecule has 1 amide bonds. The second-order valence-electron chi connectivity index (χ2n) is 4.07. The number of nitrogens with zero attached hydrogens (tertiary/aromatic N) is 1. The first-order valence-electron chi connectivity index (χ1n) is 6.01. The van der Waals surface area contributed by atoms with Crippen LogP contribution in [0.3, 0.4) is 0 Å². The van der Waals surface area contributed by atoms with Gasteiger partial charge in [0.15, 0.2) is 18.2 Å². The van der Waals surface area contributed by atoms with Crippen molar-refractivity contribution in [2.75, 3.05) is 19.7 Å². The van der Waals surface area contributed by atoms with E-state index in [1.807, 2.05) is 0 Å². The van der Waals surface area contributed by atoms with Gasteiger partial charge in [-0.1, -0.05) is 6.92 Å². The Morgan fingerprint density at radius 3 is 2.60 bits per heavy atom. The number of hydrogen-bond donors (Lipinski definition) is 1. The second-order valence-corrected chi connectivity index (χ2v) is 4.07. The van der Waals surface area contributed by atoms with E-state index in [2.05, 4.69) is 0 Å². The highest BCUT2D eigenvalue weighted by Crippen LogP contribution is 2.17. The zero-order valence-electron chi connectivity index (χ0n) is 10.9. The monoisotopic (exact) mass is 287 g/mol. The molecule has 0 aromatic heterocycles. The second kappa shape index (κ2) is 7.42. The molecule has 0 bridgehead atoms. The van der Waals surface area contributed by atoms with Gasteiger partial charge in [0.1, 0.15) is 12.4 Å². The van der Waals surface area contributed by atoms with Gasteiger partial charge in [-0.25, -0.2) is 8.78 Å². The molecule has 0 aliphatic heterocycles. The van der Waals surface area contributed by atoms with E-state index in [1.165, 1.54) is 0 Å². The average molecular weight is 287 g/mol. The quantitative estimate of drug-likeness (QED) is 0.828. The minimum Gasteiger partial charge on any atom is -0.481 e. The number of carboxylic acid groups (broad SMARTS) is 1. The Bertz CT molecular complexity index is 493. The van der Waals surface area contributed by atoms with Crippen molar-refractivity contribution in [1.82, 2.24) is 4.90 Å². The summed E-state index contributed by atoms with van der Waals surface area (Å²) in [4.78, 5) is 23.5. The molecule has 0 fully saturated rings. The van der Waals surface area contributed by atoms with Gasteiger partial charge in [-0.3, -0.25) is 9.59 Å². The van der Waals surface area contributed by atoms with Crippen molar-refractivity contribution >= 4 is 11.9 Å². The summed E-state index contributed by atoms with van der Waals surface area (Å²) in [5.74, 6) is -3.64. The van der Waals surface area contributed by atoms with Gasteiger partial charge in [-0.05, 0) is 18.6 Å². The van der Waals surface area contributed by atoms with Crippen LogP contribution in [-0.4, -0.2) is 41.6 Å². The number of halogens is 2. The maximum atomic E-state index is 13.3. The van der Waals surface area contributed by atoms with Crippen molar-refractivity contribution < 1.29 is 28.2 Å². The van der Waals surface area contributed by atoms with E-state index in [0.717, 1.165) is 17.0 Å². The van der Waals surface area contributed by atoms with Crippen LogP contribution < -0.4 is 4.74 Å². The Morgan fingerprint density at radius 2 is 2.05 bits per heavy atom. The summed E-state index contributed by atoms with van der Waals surface area (Å²) in [5, 5.41) is 8.68. The lowest BCUT2D eigenvalue weighted by molar-refractivity contribution is -0.145. The normalized spacial score (nSPS) is 10.2. The maximum Gasteiger partial charge on any atom is 0.323 e. The molecule has 1 rings (SSSR count). The van der Waals surface area contributed by atoms with Crippen molar-refractivity contribution in [1.29, 1.82) is 0 Å². The van der Waals surface area contributed by atoms with Gasteiger partial charge in [0.25, 0.3) is 5.91 Å².